The molecule has 0 saturated heterocycles. The zero-order chi connectivity index (χ0) is 24.1. The highest BCUT2D eigenvalue weighted by molar-refractivity contribution is 7.99. The lowest BCUT2D eigenvalue weighted by molar-refractivity contribution is -0.118. The average molecular weight is 498 g/mol. The van der Waals surface area contributed by atoms with Gasteiger partial charge in [-0.3, -0.25) is 9.52 Å². The number of hydrogen-bond acceptors (Lipinski definition) is 7. The molecule has 10 heteroatoms. The fourth-order valence-electron chi connectivity index (χ4n) is 3.13. The number of fused-ring (bicyclic) bond motifs is 1. The van der Waals surface area contributed by atoms with Gasteiger partial charge in [0.15, 0.2) is 5.58 Å². The molecular weight excluding hydrogens is 474 g/mol. The number of methoxy groups -OCH3 is 1. The van der Waals surface area contributed by atoms with Crippen LogP contribution in [0.3, 0.4) is 0 Å². The summed E-state index contributed by atoms with van der Waals surface area (Å²) >= 11 is 1.14. The van der Waals surface area contributed by atoms with Crippen molar-refractivity contribution < 1.29 is 22.4 Å². The molecule has 1 amide bonds. The molecule has 1 aromatic heterocycles. The molecule has 8 nitrogen and oxygen atoms in total. The number of oxazole rings is 1. The van der Waals surface area contributed by atoms with Crippen molar-refractivity contribution in [2.75, 3.05) is 17.6 Å². The molecule has 0 atom stereocenters. The molecule has 0 aliphatic rings. The van der Waals surface area contributed by atoms with E-state index < -0.39 is 10.0 Å². The first-order valence-electron chi connectivity index (χ1n) is 10.4. The summed E-state index contributed by atoms with van der Waals surface area (Å²) in [6.45, 7) is 2.45. The summed E-state index contributed by atoms with van der Waals surface area (Å²) in [6.07, 6.45) is 0. The Morgan fingerprint density at radius 2 is 1.85 bits per heavy atom. The van der Waals surface area contributed by atoms with E-state index in [1.165, 1.54) is 19.2 Å². The van der Waals surface area contributed by atoms with Crippen LogP contribution in [0.25, 0.3) is 11.1 Å². The van der Waals surface area contributed by atoms with E-state index in [0.29, 0.717) is 29.1 Å². The van der Waals surface area contributed by atoms with Gasteiger partial charge in [-0.05, 0) is 42.8 Å². The minimum atomic E-state index is -3.87. The van der Waals surface area contributed by atoms with Crippen molar-refractivity contribution in [2.45, 2.75) is 23.6 Å². The molecule has 0 radical (unpaired) electrons. The number of rotatable bonds is 9. The second kappa shape index (κ2) is 10.2. The summed E-state index contributed by atoms with van der Waals surface area (Å²) in [4.78, 5) is 16.5. The summed E-state index contributed by atoms with van der Waals surface area (Å²) in [5, 5.41) is 3.14. The summed E-state index contributed by atoms with van der Waals surface area (Å²) < 4.78 is 39.1. The number of aromatic nitrogens is 1. The number of ether oxygens (including phenoxy) is 1. The lowest BCUT2D eigenvalue weighted by Gasteiger charge is -2.11. The normalized spacial score (nSPS) is 11.4. The fourth-order valence-corrected chi connectivity index (χ4v) is 4.89. The molecular formula is C24H23N3O5S2. The third-order valence-corrected chi connectivity index (χ3v) is 7.13. The molecule has 0 fully saturated rings. The number of thioether (sulfide) groups is 1. The van der Waals surface area contributed by atoms with Crippen LogP contribution in [0.5, 0.6) is 5.75 Å². The molecule has 0 saturated carbocycles. The molecule has 176 valence electrons. The van der Waals surface area contributed by atoms with Crippen LogP contribution >= 0.6 is 11.8 Å². The fraction of sp³-hybridized carbons (Fsp3) is 0.167. The highest BCUT2D eigenvalue weighted by Crippen LogP contribution is 2.29. The molecule has 2 N–H and O–H groups in total. The van der Waals surface area contributed by atoms with Gasteiger partial charge in [-0.25, -0.2) is 13.4 Å². The zero-order valence-electron chi connectivity index (χ0n) is 18.6. The standard InChI is InChI=1S/C24H23N3O5S2/c1-16-7-9-17(10-8-16)14-25-23(28)15-33-24-26-20-13-18(11-12-22(20)32-24)34(29,30)27-19-5-3-4-6-21(19)31-2/h3-13,27H,14-15H2,1-2H3,(H,25,28). The number of hydrogen-bond donors (Lipinski definition) is 2. The van der Waals surface area contributed by atoms with Gasteiger partial charge in [-0.2, -0.15) is 0 Å². The van der Waals surface area contributed by atoms with Crippen molar-refractivity contribution >= 4 is 44.5 Å². The quantitative estimate of drug-likeness (QED) is 0.331. The molecule has 3 aromatic carbocycles. The van der Waals surface area contributed by atoms with E-state index in [1.54, 1.807) is 30.3 Å². The minimum Gasteiger partial charge on any atom is -0.495 e. The second-order valence-electron chi connectivity index (χ2n) is 7.47. The third kappa shape index (κ3) is 5.70. The molecule has 4 rings (SSSR count). The van der Waals surface area contributed by atoms with Gasteiger partial charge in [-0.15, -0.1) is 0 Å². The Morgan fingerprint density at radius 1 is 1.09 bits per heavy atom. The molecule has 34 heavy (non-hydrogen) atoms. The molecule has 0 aliphatic carbocycles. The van der Waals surface area contributed by atoms with Crippen LogP contribution in [0.15, 0.2) is 81.3 Å². The number of nitrogens with zero attached hydrogens (tertiary/aromatic N) is 1. The maximum Gasteiger partial charge on any atom is 0.262 e. The molecule has 0 unspecified atom stereocenters. The van der Waals surface area contributed by atoms with Crippen molar-refractivity contribution in [3.8, 4) is 5.75 Å². The highest BCUT2D eigenvalue weighted by atomic mass is 32.2. The SMILES string of the molecule is COc1ccccc1NS(=O)(=O)c1ccc2oc(SCC(=O)NCc3ccc(C)cc3)nc2c1. The van der Waals surface area contributed by atoms with Crippen LogP contribution in [0.1, 0.15) is 11.1 Å². The van der Waals surface area contributed by atoms with E-state index in [0.717, 1.165) is 22.9 Å². The van der Waals surface area contributed by atoms with Gasteiger partial charge >= 0.3 is 0 Å². The molecule has 0 spiro atoms. The van der Waals surface area contributed by atoms with E-state index in [4.69, 9.17) is 9.15 Å². The van der Waals surface area contributed by atoms with Crippen LogP contribution in [-0.4, -0.2) is 32.2 Å². The van der Waals surface area contributed by atoms with Crippen LogP contribution in [0, 0.1) is 6.92 Å². The van der Waals surface area contributed by atoms with Crippen molar-refractivity contribution in [3.05, 3.63) is 77.9 Å². The maximum absolute atomic E-state index is 12.9. The Hall–Kier alpha value is -3.50. The van der Waals surface area contributed by atoms with E-state index in [2.05, 4.69) is 15.0 Å². The number of amides is 1. The van der Waals surface area contributed by atoms with Gasteiger partial charge in [0.05, 0.1) is 23.4 Å². The lowest BCUT2D eigenvalue weighted by atomic mass is 10.1. The van der Waals surface area contributed by atoms with Gasteiger partial charge in [-0.1, -0.05) is 53.7 Å². The topological polar surface area (TPSA) is 111 Å². The van der Waals surface area contributed by atoms with Crippen LogP contribution < -0.4 is 14.8 Å². The lowest BCUT2D eigenvalue weighted by Crippen LogP contribution is -2.24. The van der Waals surface area contributed by atoms with Gasteiger partial charge < -0.3 is 14.5 Å². The van der Waals surface area contributed by atoms with Crippen molar-refractivity contribution in [2.24, 2.45) is 0 Å². The van der Waals surface area contributed by atoms with E-state index in [9.17, 15) is 13.2 Å². The molecule has 0 bridgehead atoms. The number of benzene rings is 3. The number of nitrogens with one attached hydrogen (secondary N) is 2. The van der Waals surface area contributed by atoms with Gasteiger partial charge in [0.25, 0.3) is 15.2 Å². The minimum absolute atomic E-state index is 0.0339. The first kappa shape index (κ1) is 23.7. The molecule has 4 aromatic rings. The summed E-state index contributed by atoms with van der Waals surface area (Å²) in [5.74, 6) is 0.379. The van der Waals surface area contributed by atoms with Crippen molar-refractivity contribution in [3.63, 3.8) is 0 Å². The number of carbonyl (C=O) groups excluding carboxylic acids is 1. The van der Waals surface area contributed by atoms with Crippen LogP contribution in [0.2, 0.25) is 0 Å². The average Bonchev–Trinajstić information content (AvgIpc) is 3.25. The number of carbonyl (C=O) groups is 1. The summed E-state index contributed by atoms with van der Waals surface area (Å²) in [7, 11) is -2.40. The summed E-state index contributed by atoms with van der Waals surface area (Å²) in [5.41, 5.74) is 3.32. The number of anilines is 1. The second-order valence-corrected chi connectivity index (χ2v) is 10.1. The van der Waals surface area contributed by atoms with Gasteiger partial charge in [0.1, 0.15) is 11.3 Å². The van der Waals surface area contributed by atoms with Gasteiger partial charge in [0, 0.05) is 6.54 Å². The Kier molecular flexibility index (Phi) is 7.09. The Bertz CT molecular complexity index is 1420. The predicted octanol–water partition coefficient (Wildman–Crippen LogP) is 4.35. The molecule has 0 aliphatic heterocycles. The number of aryl methyl sites for hydroxylation is 1. The molecule has 1 heterocycles. The van der Waals surface area contributed by atoms with Crippen molar-refractivity contribution in [1.29, 1.82) is 0 Å². The van der Waals surface area contributed by atoms with Crippen LogP contribution in [0.4, 0.5) is 5.69 Å². The Morgan fingerprint density at radius 3 is 2.62 bits per heavy atom. The first-order valence-corrected chi connectivity index (χ1v) is 12.8. The maximum atomic E-state index is 12.9. The van der Waals surface area contributed by atoms with Crippen LogP contribution in [-0.2, 0) is 21.4 Å². The predicted molar refractivity (Wildman–Crippen MR) is 132 cm³/mol. The van der Waals surface area contributed by atoms with E-state index in [1.807, 2.05) is 31.2 Å². The number of para-hydroxylation sites is 2. The highest BCUT2D eigenvalue weighted by Gasteiger charge is 2.19. The van der Waals surface area contributed by atoms with E-state index in [-0.39, 0.29) is 21.8 Å². The largest absolute Gasteiger partial charge is 0.495 e. The van der Waals surface area contributed by atoms with E-state index >= 15 is 0 Å². The number of sulfonamides is 1. The first-order chi connectivity index (χ1) is 16.3. The van der Waals surface area contributed by atoms with Crippen molar-refractivity contribution in [1.82, 2.24) is 10.3 Å². The Labute approximate surface area is 201 Å². The Balaban J connectivity index is 1.40. The third-order valence-electron chi connectivity index (χ3n) is 4.94. The zero-order valence-corrected chi connectivity index (χ0v) is 20.2. The summed E-state index contributed by atoms with van der Waals surface area (Å²) in [6, 6.07) is 19.1. The van der Waals surface area contributed by atoms with Gasteiger partial charge in [0.2, 0.25) is 5.91 Å². The monoisotopic (exact) mass is 497 g/mol. The smallest absolute Gasteiger partial charge is 0.262 e.